The second-order valence-electron chi connectivity index (χ2n) is 3.74. The van der Waals surface area contributed by atoms with Crippen molar-refractivity contribution >= 4 is 27.5 Å². The lowest BCUT2D eigenvalue weighted by molar-refractivity contribution is -0.119. The molecule has 0 radical (unpaired) electrons. The molecule has 0 unspecified atom stereocenters. The van der Waals surface area contributed by atoms with Gasteiger partial charge in [-0.3, -0.25) is 4.79 Å². The fourth-order valence-electron chi connectivity index (χ4n) is 1.65. The van der Waals surface area contributed by atoms with Crippen molar-refractivity contribution in [1.29, 1.82) is 5.26 Å². The van der Waals surface area contributed by atoms with Crippen molar-refractivity contribution in [3.8, 4) is 6.07 Å². The minimum absolute atomic E-state index is 0.0387. The lowest BCUT2D eigenvalue weighted by Gasteiger charge is -2.23. The van der Waals surface area contributed by atoms with Crippen molar-refractivity contribution in [1.82, 2.24) is 5.32 Å². The van der Waals surface area contributed by atoms with Gasteiger partial charge in [0, 0.05) is 17.6 Å². The Hall–Kier alpha value is -1.54. The summed E-state index contributed by atoms with van der Waals surface area (Å²) in [6, 6.07) is 7.58. The Bertz CT molecular complexity index is 468. The number of rotatable bonds is 5. The first-order chi connectivity index (χ1) is 8.62. The number of carbonyl (C=O) groups is 1. The largest absolute Gasteiger partial charge is 0.361 e. The average molecular weight is 310 g/mol. The van der Waals surface area contributed by atoms with Crippen LogP contribution in [0, 0.1) is 11.3 Å². The van der Waals surface area contributed by atoms with Gasteiger partial charge < -0.3 is 10.2 Å². The lowest BCUT2D eigenvalue weighted by Crippen LogP contribution is -2.37. The van der Waals surface area contributed by atoms with Crippen molar-refractivity contribution < 1.29 is 4.79 Å². The fraction of sp³-hybridized carbons (Fsp3) is 0.385. The molecule has 1 aromatic rings. The number of carbonyl (C=O) groups excluding carboxylic acids is 1. The Morgan fingerprint density at radius 3 is 2.78 bits per heavy atom. The lowest BCUT2D eigenvalue weighted by atomic mass is 10.1. The summed E-state index contributed by atoms with van der Waals surface area (Å²) in [5.41, 5.74) is 1.35. The summed E-state index contributed by atoms with van der Waals surface area (Å²) < 4.78 is 0.894. The van der Waals surface area contributed by atoms with Gasteiger partial charge in [0.05, 0.1) is 17.8 Å². The molecule has 0 atom stereocenters. The third-order valence-corrected chi connectivity index (χ3v) is 3.00. The molecular weight excluding hydrogens is 294 g/mol. The molecule has 0 bridgehead atoms. The zero-order valence-corrected chi connectivity index (χ0v) is 12.1. The Morgan fingerprint density at radius 2 is 2.22 bits per heavy atom. The van der Waals surface area contributed by atoms with E-state index in [1.165, 1.54) is 0 Å². The number of nitrogens with one attached hydrogen (secondary N) is 1. The van der Waals surface area contributed by atoms with E-state index in [9.17, 15) is 4.79 Å². The molecule has 0 aliphatic carbocycles. The molecule has 96 valence electrons. The van der Waals surface area contributed by atoms with Crippen LogP contribution in [0.2, 0.25) is 0 Å². The first-order valence-corrected chi connectivity index (χ1v) is 6.63. The minimum atomic E-state index is -0.0387. The smallest absolute Gasteiger partial charge is 0.239 e. The van der Waals surface area contributed by atoms with Crippen molar-refractivity contribution in [3.05, 3.63) is 28.2 Å². The van der Waals surface area contributed by atoms with Crippen molar-refractivity contribution in [2.45, 2.75) is 13.8 Å². The number of hydrogen-bond donors (Lipinski definition) is 1. The highest BCUT2D eigenvalue weighted by Crippen LogP contribution is 2.24. The van der Waals surface area contributed by atoms with Crippen LogP contribution < -0.4 is 10.2 Å². The van der Waals surface area contributed by atoms with E-state index in [4.69, 9.17) is 5.26 Å². The van der Waals surface area contributed by atoms with E-state index in [0.29, 0.717) is 18.7 Å². The predicted octanol–water partition coefficient (Wildman–Crippen LogP) is 2.28. The molecule has 1 rings (SSSR count). The summed E-state index contributed by atoms with van der Waals surface area (Å²) in [5, 5.41) is 11.9. The van der Waals surface area contributed by atoms with Crippen LogP contribution in [0.15, 0.2) is 22.7 Å². The van der Waals surface area contributed by atoms with Gasteiger partial charge in [0.1, 0.15) is 6.07 Å². The zero-order chi connectivity index (χ0) is 13.5. The highest BCUT2D eigenvalue weighted by molar-refractivity contribution is 9.10. The Balaban J connectivity index is 2.98. The van der Waals surface area contributed by atoms with E-state index in [1.54, 1.807) is 6.07 Å². The number of anilines is 1. The van der Waals surface area contributed by atoms with Gasteiger partial charge in [0.2, 0.25) is 5.91 Å². The van der Waals surface area contributed by atoms with Crippen LogP contribution in [0.4, 0.5) is 5.69 Å². The summed E-state index contributed by atoms with van der Waals surface area (Å²) in [6.45, 7) is 5.38. The average Bonchev–Trinajstić information content (AvgIpc) is 2.36. The van der Waals surface area contributed by atoms with Gasteiger partial charge in [-0.1, -0.05) is 15.9 Å². The van der Waals surface area contributed by atoms with E-state index < -0.39 is 0 Å². The normalized spacial score (nSPS) is 9.67. The molecular formula is C13H16BrN3O. The molecule has 5 heteroatoms. The monoisotopic (exact) mass is 309 g/mol. The number of amides is 1. The van der Waals surface area contributed by atoms with Gasteiger partial charge in [-0.25, -0.2) is 0 Å². The molecule has 0 saturated carbocycles. The van der Waals surface area contributed by atoms with Crippen LogP contribution >= 0.6 is 15.9 Å². The summed E-state index contributed by atoms with van der Waals surface area (Å²) in [4.78, 5) is 13.5. The summed E-state index contributed by atoms with van der Waals surface area (Å²) in [7, 11) is 0. The molecule has 0 aromatic heterocycles. The fourth-order valence-corrected chi connectivity index (χ4v) is 2.00. The minimum Gasteiger partial charge on any atom is -0.361 e. The molecule has 0 fully saturated rings. The standard InChI is InChI=1S/C13H16BrN3O/c1-3-16-13(18)9-17(4-2)12-7-11(14)6-5-10(12)8-15/h5-7H,3-4,9H2,1-2H3,(H,16,18). The number of halogens is 1. The molecule has 0 spiro atoms. The second-order valence-corrected chi connectivity index (χ2v) is 4.66. The molecule has 1 aromatic carbocycles. The molecule has 4 nitrogen and oxygen atoms in total. The summed E-state index contributed by atoms with van der Waals surface area (Å²) in [6.07, 6.45) is 0. The van der Waals surface area contributed by atoms with Crippen LogP contribution in [-0.4, -0.2) is 25.5 Å². The first kappa shape index (κ1) is 14.5. The Labute approximate surface area is 116 Å². The number of likely N-dealkylation sites (N-methyl/N-ethyl adjacent to an activating group) is 2. The van der Waals surface area contributed by atoms with Crippen molar-refractivity contribution in [2.75, 3.05) is 24.5 Å². The molecule has 0 aliphatic rings. The van der Waals surface area contributed by atoms with Crippen LogP contribution in [0.5, 0.6) is 0 Å². The van der Waals surface area contributed by atoms with Crippen LogP contribution in [-0.2, 0) is 4.79 Å². The molecule has 0 heterocycles. The van der Waals surface area contributed by atoms with Crippen LogP contribution in [0.3, 0.4) is 0 Å². The third kappa shape index (κ3) is 3.74. The SMILES string of the molecule is CCNC(=O)CN(CC)c1cc(Br)ccc1C#N. The number of hydrogen-bond acceptors (Lipinski definition) is 3. The number of benzene rings is 1. The molecule has 1 amide bonds. The number of nitrogens with zero attached hydrogens (tertiary/aromatic N) is 2. The van der Waals surface area contributed by atoms with E-state index in [2.05, 4.69) is 27.3 Å². The summed E-state index contributed by atoms with van der Waals surface area (Å²) in [5.74, 6) is -0.0387. The van der Waals surface area contributed by atoms with Crippen molar-refractivity contribution in [3.63, 3.8) is 0 Å². The maximum atomic E-state index is 11.6. The van der Waals surface area contributed by atoms with Gasteiger partial charge in [0.15, 0.2) is 0 Å². The molecule has 18 heavy (non-hydrogen) atoms. The van der Waals surface area contributed by atoms with Gasteiger partial charge in [-0.15, -0.1) is 0 Å². The van der Waals surface area contributed by atoms with Crippen LogP contribution in [0.25, 0.3) is 0 Å². The maximum Gasteiger partial charge on any atom is 0.239 e. The molecule has 0 saturated heterocycles. The molecule has 1 N–H and O–H groups in total. The van der Waals surface area contributed by atoms with Crippen molar-refractivity contribution in [2.24, 2.45) is 0 Å². The summed E-state index contributed by atoms with van der Waals surface area (Å²) >= 11 is 3.38. The van der Waals surface area contributed by atoms with Gasteiger partial charge in [-0.2, -0.15) is 5.26 Å². The van der Waals surface area contributed by atoms with Gasteiger partial charge in [0.25, 0.3) is 0 Å². The van der Waals surface area contributed by atoms with Gasteiger partial charge >= 0.3 is 0 Å². The predicted molar refractivity (Wildman–Crippen MR) is 75.4 cm³/mol. The van der Waals surface area contributed by atoms with E-state index in [1.807, 2.05) is 30.9 Å². The Morgan fingerprint density at radius 1 is 1.50 bits per heavy atom. The quantitative estimate of drug-likeness (QED) is 0.908. The number of nitriles is 1. The Kier molecular flexibility index (Phi) is 5.66. The highest BCUT2D eigenvalue weighted by Gasteiger charge is 2.13. The first-order valence-electron chi connectivity index (χ1n) is 5.83. The molecule has 0 aliphatic heterocycles. The highest BCUT2D eigenvalue weighted by atomic mass is 79.9. The third-order valence-electron chi connectivity index (χ3n) is 2.51. The van der Waals surface area contributed by atoms with E-state index in [0.717, 1.165) is 10.2 Å². The second kappa shape index (κ2) is 7.02. The topological polar surface area (TPSA) is 56.1 Å². The van der Waals surface area contributed by atoms with Gasteiger partial charge in [-0.05, 0) is 32.0 Å². The van der Waals surface area contributed by atoms with E-state index >= 15 is 0 Å². The van der Waals surface area contributed by atoms with E-state index in [-0.39, 0.29) is 12.5 Å². The zero-order valence-electron chi connectivity index (χ0n) is 10.5. The maximum absolute atomic E-state index is 11.6. The van der Waals surface area contributed by atoms with Crippen LogP contribution in [0.1, 0.15) is 19.4 Å².